The molecule has 0 unspecified atom stereocenters. The molecule has 6 heteroatoms. The van der Waals surface area contributed by atoms with Crippen molar-refractivity contribution in [2.45, 2.75) is 44.0 Å². The summed E-state index contributed by atoms with van der Waals surface area (Å²) in [4.78, 5) is 1.52. The fourth-order valence-corrected chi connectivity index (χ4v) is 4.33. The number of quaternary nitrogens is 1. The zero-order valence-corrected chi connectivity index (χ0v) is 14.9. The van der Waals surface area contributed by atoms with Gasteiger partial charge in [-0.15, -0.1) is 0 Å². The van der Waals surface area contributed by atoms with Crippen molar-refractivity contribution in [1.29, 1.82) is 5.26 Å². The minimum Gasteiger partial charge on any atom is -0.319 e. The van der Waals surface area contributed by atoms with Crippen LogP contribution in [0.25, 0.3) is 0 Å². The molecule has 2 rings (SSSR count). The molecule has 0 aliphatic carbocycles. The molecule has 1 aliphatic rings. The molecule has 0 saturated carbocycles. The van der Waals surface area contributed by atoms with E-state index in [0.717, 1.165) is 11.3 Å². The van der Waals surface area contributed by atoms with Gasteiger partial charge in [-0.2, -0.15) is 9.57 Å². The van der Waals surface area contributed by atoms with Crippen molar-refractivity contribution < 1.29 is 13.3 Å². The zero-order chi connectivity index (χ0) is 17.0. The SMILES string of the molecule is CC[C@H](C)c1ccc(S(=O)(=O)N2CC[NH+]([C@@H](C)C#N)CC2)cc1. The van der Waals surface area contributed by atoms with E-state index in [9.17, 15) is 8.42 Å². The highest BCUT2D eigenvalue weighted by atomic mass is 32.2. The van der Waals surface area contributed by atoms with E-state index in [1.165, 1.54) is 5.56 Å². The van der Waals surface area contributed by atoms with E-state index in [4.69, 9.17) is 5.26 Å². The highest BCUT2D eigenvalue weighted by molar-refractivity contribution is 7.89. The lowest BCUT2D eigenvalue weighted by Crippen LogP contribution is -3.17. The Hall–Kier alpha value is -1.42. The Labute approximate surface area is 139 Å². The fourth-order valence-electron chi connectivity index (χ4n) is 2.89. The van der Waals surface area contributed by atoms with Crippen LogP contribution in [0.15, 0.2) is 29.2 Å². The maximum absolute atomic E-state index is 12.7. The first-order valence-electron chi connectivity index (χ1n) is 8.24. The van der Waals surface area contributed by atoms with Gasteiger partial charge in [0.25, 0.3) is 0 Å². The second-order valence-corrected chi connectivity index (χ2v) is 8.23. The summed E-state index contributed by atoms with van der Waals surface area (Å²) in [5, 5.41) is 8.98. The number of hydrogen-bond acceptors (Lipinski definition) is 3. The molecular formula is C17H26N3O2S+. The van der Waals surface area contributed by atoms with Gasteiger partial charge in [0.15, 0.2) is 6.04 Å². The normalized spacial score (nSPS) is 19.9. The molecule has 1 aromatic carbocycles. The topological polar surface area (TPSA) is 65.6 Å². The van der Waals surface area contributed by atoms with Crippen LogP contribution in [0.4, 0.5) is 0 Å². The zero-order valence-electron chi connectivity index (χ0n) is 14.1. The third kappa shape index (κ3) is 3.92. The van der Waals surface area contributed by atoms with Crippen molar-refractivity contribution >= 4 is 10.0 Å². The van der Waals surface area contributed by atoms with Crippen LogP contribution in [0, 0.1) is 11.3 Å². The first-order valence-corrected chi connectivity index (χ1v) is 9.68. The van der Waals surface area contributed by atoms with E-state index in [0.29, 0.717) is 37.0 Å². The summed E-state index contributed by atoms with van der Waals surface area (Å²) in [5.74, 6) is 0.436. The van der Waals surface area contributed by atoms with Gasteiger partial charge in [0.2, 0.25) is 10.0 Å². The first kappa shape index (κ1) is 17.9. The molecule has 0 aromatic heterocycles. The third-order valence-corrected chi connectivity index (χ3v) is 6.78. The summed E-state index contributed by atoms with van der Waals surface area (Å²) in [6.45, 7) is 8.44. The standard InChI is InChI=1S/C17H25N3O2S/c1-4-14(2)16-5-7-17(8-6-16)23(21,22)20-11-9-19(10-12-20)15(3)13-18/h5-8,14-15H,4,9-12H2,1-3H3/p+1/t14-,15-/m0/s1. The smallest absolute Gasteiger partial charge is 0.243 e. The Kier molecular flexibility index (Phi) is 5.79. The van der Waals surface area contributed by atoms with Crippen molar-refractivity contribution in [3.05, 3.63) is 29.8 Å². The van der Waals surface area contributed by atoms with Crippen LogP contribution in [-0.4, -0.2) is 44.9 Å². The highest BCUT2D eigenvalue weighted by Crippen LogP contribution is 2.22. The number of rotatable bonds is 5. The monoisotopic (exact) mass is 336 g/mol. The molecule has 1 aliphatic heterocycles. The van der Waals surface area contributed by atoms with Crippen LogP contribution in [0.2, 0.25) is 0 Å². The first-order chi connectivity index (χ1) is 10.9. The van der Waals surface area contributed by atoms with Crippen LogP contribution in [-0.2, 0) is 10.0 Å². The van der Waals surface area contributed by atoms with Gasteiger partial charge in [0, 0.05) is 6.92 Å². The molecular weight excluding hydrogens is 310 g/mol. The van der Waals surface area contributed by atoms with Crippen LogP contribution >= 0.6 is 0 Å². The number of sulfonamides is 1. The third-order valence-electron chi connectivity index (χ3n) is 4.87. The molecule has 1 N–H and O–H groups in total. The second-order valence-electron chi connectivity index (χ2n) is 6.29. The Balaban J connectivity index is 2.09. The van der Waals surface area contributed by atoms with Crippen molar-refractivity contribution in [1.82, 2.24) is 4.31 Å². The molecule has 126 valence electrons. The minimum atomic E-state index is -3.43. The molecule has 1 aromatic rings. The van der Waals surface area contributed by atoms with E-state index in [2.05, 4.69) is 19.9 Å². The summed E-state index contributed by atoms with van der Waals surface area (Å²) >= 11 is 0. The maximum Gasteiger partial charge on any atom is 0.243 e. The van der Waals surface area contributed by atoms with E-state index in [1.807, 2.05) is 19.1 Å². The van der Waals surface area contributed by atoms with Gasteiger partial charge in [-0.05, 0) is 30.0 Å². The van der Waals surface area contributed by atoms with Crippen molar-refractivity contribution in [3.8, 4) is 6.07 Å². The lowest BCUT2D eigenvalue weighted by atomic mass is 9.99. The van der Waals surface area contributed by atoms with Crippen molar-refractivity contribution in [2.75, 3.05) is 26.2 Å². The van der Waals surface area contributed by atoms with Crippen molar-refractivity contribution in [2.24, 2.45) is 0 Å². The average molecular weight is 336 g/mol. The largest absolute Gasteiger partial charge is 0.319 e. The van der Waals surface area contributed by atoms with E-state index in [-0.39, 0.29) is 6.04 Å². The van der Waals surface area contributed by atoms with Gasteiger partial charge < -0.3 is 4.90 Å². The van der Waals surface area contributed by atoms with Gasteiger partial charge in [-0.3, -0.25) is 0 Å². The van der Waals surface area contributed by atoms with E-state index >= 15 is 0 Å². The molecule has 23 heavy (non-hydrogen) atoms. The Morgan fingerprint density at radius 1 is 1.22 bits per heavy atom. The molecule has 1 fully saturated rings. The number of nitriles is 1. The summed E-state index contributed by atoms with van der Waals surface area (Å²) in [7, 11) is -3.43. The van der Waals surface area contributed by atoms with Gasteiger partial charge in [-0.1, -0.05) is 26.0 Å². The molecule has 1 saturated heterocycles. The second kappa shape index (κ2) is 7.43. The van der Waals surface area contributed by atoms with Crippen LogP contribution in [0.1, 0.15) is 38.7 Å². The molecule has 0 bridgehead atoms. The summed E-state index contributed by atoms with van der Waals surface area (Å²) < 4.78 is 27.0. The minimum absolute atomic E-state index is 0.0883. The van der Waals surface area contributed by atoms with Crippen LogP contribution < -0.4 is 4.90 Å². The Bertz CT molecular complexity index is 656. The fraction of sp³-hybridized carbons (Fsp3) is 0.588. The molecule has 0 spiro atoms. The number of piperazine rings is 1. The quantitative estimate of drug-likeness (QED) is 0.872. The Morgan fingerprint density at radius 2 is 1.78 bits per heavy atom. The molecule has 2 atom stereocenters. The maximum atomic E-state index is 12.7. The number of nitrogens with zero attached hydrogens (tertiary/aromatic N) is 2. The lowest BCUT2D eigenvalue weighted by molar-refractivity contribution is -0.918. The summed E-state index contributed by atoms with van der Waals surface area (Å²) in [5.41, 5.74) is 1.17. The molecule has 5 nitrogen and oxygen atoms in total. The Morgan fingerprint density at radius 3 is 2.26 bits per heavy atom. The van der Waals surface area contributed by atoms with Crippen LogP contribution in [0.5, 0.6) is 0 Å². The number of nitrogens with one attached hydrogen (secondary N) is 1. The number of hydrogen-bond donors (Lipinski definition) is 1. The summed E-state index contributed by atoms with van der Waals surface area (Å²) in [6.07, 6.45) is 1.04. The number of benzene rings is 1. The van der Waals surface area contributed by atoms with E-state index in [1.54, 1.807) is 16.4 Å². The van der Waals surface area contributed by atoms with Gasteiger partial charge in [0.05, 0.1) is 31.1 Å². The summed E-state index contributed by atoms with van der Waals surface area (Å²) in [6, 6.07) is 9.42. The molecule has 0 radical (unpaired) electrons. The average Bonchev–Trinajstić information content (AvgIpc) is 2.60. The highest BCUT2D eigenvalue weighted by Gasteiger charge is 2.32. The molecule has 1 heterocycles. The molecule has 0 amide bonds. The predicted molar refractivity (Wildman–Crippen MR) is 89.7 cm³/mol. The lowest BCUT2D eigenvalue weighted by Gasteiger charge is -2.32. The van der Waals surface area contributed by atoms with E-state index < -0.39 is 10.0 Å². The van der Waals surface area contributed by atoms with Gasteiger partial charge in [-0.25, -0.2) is 8.42 Å². The van der Waals surface area contributed by atoms with Gasteiger partial charge in [0.1, 0.15) is 6.07 Å². The van der Waals surface area contributed by atoms with Crippen molar-refractivity contribution in [3.63, 3.8) is 0 Å². The predicted octanol–water partition coefficient (Wildman–Crippen LogP) is 1.00. The van der Waals surface area contributed by atoms with Gasteiger partial charge >= 0.3 is 0 Å². The van der Waals surface area contributed by atoms with Crippen LogP contribution in [0.3, 0.4) is 0 Å².